The average molecular weight is 499 g/mol. The van der Waals surface area contributed by atoms with Crippen molar-refractivity contribution < 1.29 is 19.1 Å². The molecule has 0 aliphatic heterocycles. The fraction of sp³-hybridized carbons (Fsp3) is 0. The Hall–Kier alpha value is -2.92. The number of carbonyl (C=O) groups excluding carboxylic acids is 1. The number of benzene rings is 2. The topological polar surface area (TPSA) is 129 Å². The normalized spacial score (nSPS) is 9.85. The molecular formula is C16H9Br2N3O6. The Balaban J connectivity index is 0.000000199. The largest absolute Gasteiger partial charge is 0.443 e. The first-order chi connectivity index (χ1) is 12.8. The highest BCUT2D eigenvalue weighted by molar-refractivity contribution is 9.10. The number of rotatable bonds is 4. The summed E-state index contributed by atoms with van der Waals surface area (Å²) in [5.74, 6) is 0.491. The number of aromatic nitrogens is 1. The Labute approximate surface area is 168 Å². The lowest BCUT2D eigenvalue weighted by Crippen LogP contribution is -1.90. The van der Waals surface area contributed by atoms with Crippen LogP contribution in [0.2, 0.25) is 0 Å². The molecule has 0 fully saturated rings. The van der Waals surface area contributed by atoms with E-state index in [-0.39, 0.29) is 16.9 Å². The second-order valence-electron chi connectivity index (χ2n) is 4.87. The molecule has 0 aliphatic rings. The summed E-state index contributed by atoms with van der Waals surface area (Å²) in [5, 5.41) is 20.8. The van der Waals surface area contributed by atoms with Gasteiger partial charge in [-0.05, 0) is 12.1 Å². The van der Waals surface area contributed by atoms with Crippen molar-refractivity contribution in [3.8, 4) is 11.3 Å². The Morgan fingerprint density at radius 3 is 2.07 bits per heavy atom. The van der Waals surface area contributed by atoms with Crippen LogP contribution in [0.3, 0.4) is 0 Å². The van der Waals surface area contributed by atoms with Gasteiger partial charge in [-0.2, -0.15) is 0 Å². The van der Waals surface area contributed by atoms with Gasteiger partial charge in [-0.3, -0.25) is 25.0 Å². The number of nitro benzene ring substituents is 2. The number of carbonyl (C=O) groups is 1. The molecule has 27 heavy (non-hydrogen) atoms. The third-order valence-electron chi connectivity index (χ3n) is 3.18. The first-order valence-electron chi connectivity index (χ1n) is 7.05. The number of oxazole rings is 1. The van der Waals surface area contributed by atoms with Crippen LogP contribution in [0.4, 0.5) is 11.4 Å². The molecule has 2 aromatic carbocycles. The maximum Gasteiger partial charge on any atom is 0.270 e. The maximum atomic E-state index is 10.6. The van der Waals surface area contributed by atoms with Gasteiger partial charge in [0.15, 0.2) is 18.4 Å². The Bertz CT molecular complexity index is 992. The third-order valence-corrected chi connectivity index (χ3v) is 4.59. The Kier molecular flexibility index (Phi) is 6.91. The standard InChI is InChI=1S/C9H5BrN2O3.C7H4BrNO3/c10-8-2-1-6(12(13)14)3-7(8)9-4-11-5-15-9;8-7-2-1-6(9(11)12)3-5(7)4-10/h1-5H;1-4H. The minimum absolute atomic E-state index is 0.0181. The summed E-state index contributed by atoms with van der Waals surface area (Å²) in [6.45, 7) is 0. The zero-order valence-electron chi connectivity index (χ0n) is 13.2. The molecule has 0 saturated heterocycles. The second kappa shape index (κ2) is 9.14. The lowest BCUT2D eigenvalue weighted by Gasteiger charge is -1.99. The van der Waals surface area contributed by atoms with Crippen molar-refractivity contribution in [1.82, 2.24) is 4.98 Å². The van der Waals surface area contributed by atoms with Crippen LogP contribution in [-0.2, 0) is 0 Å². The van der Waals surface area contributed by atoms with Gasteiger partial charge in [-0.25, -0.2) is 4.98 Å². The van der Waals surface area contributed by atoms with Crippen LogP contribution < -0.4 is 0 Å². The monoisotopic (exact) mass is 497 g/mol. The highest BCUT2D eigenvalue weighted by Gasteiger charge is 2.12. The molecule has 0 unspecified atom stereocenters. The molecule has 3 aromatic rings. The van der Waals surface area contributed by atoms with Gasteiger partial charge < -0.3 is 4.42 Å². The Morgan fingerprint density at radius 1 is 0.963 bits per heavy atom. The van der Waals surface area contributed by atoms with Crippen LogP contribution in [0.5, 0.6) is 0 Å². The molecule has 11 heteroatoms. The molecule has 0 atom stereocenters. The van der Waals surface area contributed by atoms with Gasteiger partial charge in [0.05, 0.1) is 16.0 Å². The van der Waals surface area contributed by atoms with Gasteiger partial charge in [0.2, 0.25) is 0 Å². The van der Waals surface area contributed by atoms with Crippen LogP contribution in [0.15, 0.2) is 62.4 Å². The van der Waals surface area contributed by atoms with Gasteiger partial charge in [0, 0.05) is 44.3 Å². The third kappa shape index (κ3) is 5.28. The molecule has 138 valence electrons. The number of aldehydes is 1. The van der Waals surface area contributed by atoms with Crippen molar-refractivity contribution in [1.29, 1.82) is 0 Å². The van der Waals surface area contributed by atoms with Crippen LogP contribution in [0.1, 0.15) is 10.4 Å². The average Bonchev–Trinajstić information content (AvgIpc) is 3.17. The molecule has 0 saturated carbocycles. The van der Waals surface area contributed by atoms with Crippen LogP contribution in [-0.4, -0.2) is 21.1 Å². The highest BCUT2D eigenvalue weighted by atomic mass is 79.9. The van der Waals surface area contributed by atoms with Crippen molar-refractivity contribution in [2.45, 2.75) is 0 Å². The smallest absolute Gasteiger partial charge is 0.270 e. The predicted molar refractivity (Wildman–Crippen MR) is 102 cm³/mol. The van der Waals surface area contributed by atoms with Crippen LogP contribution in [0, 0.1) is 20.2 Å². The molecule has 1 aromatic heterocycles. The molecule has 0 aliphatic carbocycles. The van der Waals surface area contributed by atoms with Crippen molar-refractivity contribution in [3.63, 3.8) is 0 Å². The van der Waals surface area contributed by atoms with E-state index in [9.17, 15) is 25.0 Å². The zero-order chi connectivity index (χ0) is 20.0. The Morgan fingerprint density at radius 2 is 1.56 bits per heavy atom. The second-order valence-corrected chi connectivity index (χ2v) is 6.58. The number of hydrogen-bond acceptors (Lipinski definition) is 7. The molecule has 3 rings (SSSR count). The number of halogens is 2. The summed E-state index contributed by atoms with van der Waals surface area (Å²) in [5.41, 5.74) is 0.829. The minimum atomic E-state index is -0.542. The number of nitro groups is 2. The lowest BCUT2D eigenvalue weighted by molar-refractivity contribution is -0.385. The van der Waals surface area contributed by atoms with Gasteiger partial charge in [-0.1, -0.05) is 31.9 Å². The number of non-ortho nitro benzene ring substituents is 2. The van der Waals surface area contributed by atoms with E-state index in [1.54, 1.807) is 6.07 Å². The minimum Gasteiger partial charge on any atom is -0.443 e. The van der Waals surface area contributed by atoms with Gasteiger partial charge in [0.25, 0.3) is 11.4 Å². The molecule has 0 N–H and O–H groups in total. The molecule has 0 bridgehead atoms. The molecular weight excluding hydrogens is 490 g/mol. The fourth-order valence-corrected chi connectivity index (χ4v) is 2.68. The number of nitrogens with zero attached hydrogens (tertiary/aromatic N) is 3. The summed E-state index contributed by atoms with van der Waals surface area (Å²) in [7, 11) is 0. The van der Waals surface area contributed by atoms with E-state index in [1.807, 2.05) is 0 Å². The lowest BCUT2D eigenvalue weighted by atomic mass is 10.1. The summed E-state index contributed by atoms with van der Waals surface area (Å²) < 4.78 is 6.36. The van der Waals surface area contributed by atoms with Gasteiger partial charge in [-0.15, -0.1) is 0 Å². The van der Waals surface area contributed by atoms with E-state index in [1.165, 1.54) is 42.9 Å². The van der Waals surface area contributed by atoms with Gasteiger partial charge >= 0.3 is 0 Å². The first-order valence-corrected chi connectivity index (χ1v) is 8.64. The molecule has 0 spiro atoms. The van der Waals surface area contributed by atoms with Crippen LogP contribution in [0.25, 0.3) is 11.3 Å². The van der Waals surface area contributed by atoms with E-state index >= 15 is 0 Å². The summed E-state index contributed by atoms with van der Waals surface area (Å²) in [6, 6.07) is 8.49. The van der Waals surface area contributed by atoms with E-state index in [2.05, 4.69) is 36.8 Å². The van der Waals surface area contributed by atoms with E-state index in [0.717, 1.165) is 4.47 Å². The van der Waals surface area contributed by atoms with Crippen molar-refractivity contribution in [2.75, 3.05) is 0 Å². The SMILES string of the molecule is O=Cc1cc([N+](=O)[O-])ccc1Br.O=[N+]([O-])c1ccc(Br)c(-c2cnco2)c1. The quantitative estimate of drug-likeness (QED) is 0.275. The van der Waals surface area contributed by atoms with E-state index in [4.69, 9.17) is 4.42 Å². The first kappa shape index (κ1) is 20.4. The van der Waals surface area contributed by atoms with Crippen LogP contribution >= 0.6 is 31.9 Å². The predicted octanol–water partition coefficient (Wildman–Crippen LogP) is 5.18. The van der Waals surface area contributed by atoms with E-state index in [0.29, 0.717) is 22.1 Å². The van der Waals surface area contributed by atoms with Gasteiger partial charge in [0.1, 0.15) is 0 Å². The molecule has 9 nitrogen and oxygen atoms in total. The van der Waals surface area contributed by atoms with Crippen molar-refractivity contribution in [2.24, 2.45) is 0 Å². The number of hydrogen-bond donors (Lipinski definition) is 0. The van der Waals surface area contributed by atoms with Crippen molar-refractivity contribution >= 4 is 49.5 Å². The van der Waals surface area contributed by atoms with E-state index < -0.39 is 9.85 Å². The molecule has 0 amide bonds. The fourth-order valence-electron chi connectivity index (χ4n) is 1.90. The molecule has 0 radical (unpaired) electrons. The highest BCUT2D eigenvalue weighted by Crippen LogP contribution is 2.31. The summed E-state index contributed by atoms with van der Waals surface area (Å²) in [6.07, 6.45) is 3.35. The summed E-state index contributed by atoms with van der Waals surface area (Å²) >= 11 is 6.38. The molecule has 1 heterocycles. The maximum absolute atomic E-state index is 10.6. The van der Waals surface area contributed by atoms with Crippen molar-refractivity contribution in [3.05, 3.63) is 83.7 Å². The summed E-state index contributed by atoms with van der Waals surface area (Å²) in [4.78, 5) is 33.9. The zero-order valence-corrected chi connectivity index (χ0v) is 16.4.